The molecule has 0 saturated carbocycles. The van der Waals surface area contributed by atoms with Gasteiger partial charge in [0.25, 0.3) is 0 Å². The number of ether oxygens (including phenoxy) is 2. The highest BCUT2D eigenvalue weighted by atomic mass is 16.5. The number of hydrogen-bond acceptors (Lipinski definition) is 2. The molecule has 0 aliphatic rings. The normalized spacial score (nSPS) is 10.1. The van der Waals surface area contributed by atoms with Crippen molar-refractivity contribution in [3.05, 3.63) is 42.7 Å². The van der Waals surface area contributed by atoms with Gasteiger partial charge in [-0.15, -0.1) is 0 Å². The molecule has 0 aliphatic heterocycles. The van der Waals surface area contributed by atoms with Crippen LogP contribution in [-0.4, -0.2) is 13.7 Å². The van der Waals surface area contributed by atoms with Crippen molar-refractivity contribution in [3.8, 4) is 5.75 Å². The topological polar surface area (TPSA) is 18.5 Å². The van der Waals surface area contributed by atoms with E-state index in [0.717, 1.165) is 5.75 Å². The van der Waals surface area contributed by atoms with Crippen LogP contribution in [0.1, 0.15) is 0 Å². The van der Waals surface area contributed by atoms with E-state index in [1.165, 1.54) is 0 Å². The van der Waals surface area contributed by atoms with E-state index >= 15 is 0 Å². The lowest BCUT2D eigenvalue weighted by molar-refractivity contribution is 0.321. The molecule has 0 atom stereocenters. The molecule has 0 bridgehead atoms. The highest BCUT2D eigenvalue weighted by Gasteiger charge is 1.86. The SMILES string of the molecule is COC=CCOc1ccccc1. The van der Waals surface area contributed by atoms with Gasteiger partial charge in [-0.1, -0.05) is 18.2 Å². The lowest BCUT2D eigenvalue weighted by Crippen LogP contribution is -1.92. The predicted octanol–water partition coefficient (Wildman–Crippen LogP) is 2.23. The zero-order valence-corrected chi connectivity index (χ0v) is 7.07. The standard InChI is InChI=1S/C10H12O2/c1-11-8-5-9-12-10-6-3-2-4-7-10/h2-8H,9H2,1H3. The van der Waals surface area contributed by atoms with Gasteiger partial charge in [0.05, 0.1) is 13.4 Å². The Balaban J connectivity index is 2.29. The fraction of sp³-hybridized carbons (Fsp3) is 0.200. The number of rotatable bonds is 4. The first-order valence-electron chi connectivity index (χ1n) is 3.79. The summed E-state index contributed by atoms with van der Waals surface area (Å²) >= 11 is 0. The second-order valence-electron chi connectivity index (χ2n) is 2.23. The minimum absolute atomic E-state index is 0.540. The van der Waals surface area contributed by atoms with Crippen LogP contribution in [-0.2, 0) is 4.74 Å². The first-order chi connectivity index (χ1) is 5.93. The summed E-state index contributed by atoms with van der Waals surface area (Å²) in [5.74, 6) is 0.873. The highest BCUT2D eigenvalue weighted by molar-refractivity contribution is 5.21. The first-order valence-corrected chi connectivity index (χ1v) is 3.79. The zero-order valence-electron chi connectivity index (χ0n) is 7.07. The number of benzene rings is 1. The molecule has 0 unspecified atom stereocenters. The van der Waals surface area contributed by atoms with E-state index in [-0.39, 0.29) is 0 Å². The number of methoxy groups -OCH3 is 1. The molecule has 0 spiro atoms. The molecule has 12 heavy (non-hydrogen) atoms. The first kappa shape index (κ1) is 8.65. The second kappa shape index (κ2) is 5.24. The lowest BCUT2D eigenvalue weighted by Gasteiger charge is -2.00. The van der Waals surface area contributed by atoms with E-state index in [9.17, 15) is 0 Å². The average Bonchev–Trinajstić information content (AvgIpc) is 2.14. The monoisotopic (exact) mass is 164 g/mol. The van der Waals surface area contributed by atoms with Crippen molar-refractivity contribution in [3.63, 3.8) is 0 Å². The zero-order chi connectivity index (χ0) is 8.65. The number of para-hydroxylation sites is 1. The Morgan fingerprint density at radius 2 is 2.00 bits per heavy atom. The summed E-state index contributed by atoms with van der Waals surface area (Å²) in [4.78, 5) is 0. The second-order valence-corrected chi connectivity index (χ2v) is 2.23. The average molecular weight is 164 g/mol. The van der Waals surface area contributed by atoms with Crippen molar-refractivity contribution in [1.29, 1.82) is 0 Å². The minimum Gasteiger partial charge on any atom is -0.505 e. The van der Waals surface area contributed by atoms with Crippen LogP contribution in [0.15, 0.2) is 42.7 Å². The fourth-order valence-corrected chi connectivity index (χ4v) is 0.797. The summed E-state index contributed by atoms with van der Waals surface area (Å²) in [5, 5.41) is 0. The van der Waals surface area contributed by atoms with Crippen LogP contribution in [0, 0.1) is 0 Å². The molecule has 2 heteroatoms. The van der Waals surface area contributed by atoms with Gasteiger partial charge in [0, 0.05) is 0 Å². The van der Waals surface area contributed by atoms with Crippen molar-refractivity contribution in [1.82, 2.24) is 0 Å². The summed E-state index contributed by atoms with van der Waals surface area (Å²) in [6.07, 6.45) is 3.41. The van der Waals surface area contributed by atoms with Gasteiger partial charge in [-0.25, -0.2) is 0 Å². The van der Waals surface area contributed by atoms with Crippen LogP contribution in [0.5, 0.6) is 5.75 Å². The fourth-order valence-electron chi connectivity index (χ4n) is 0.797. The van der Waals surface area contributed by atoms with E-state index < -0.39 is 0 Å². The van der Waals surface area contributed by atoms with E-state index in [4.69, 9.17) is 9.47 Å². The molecule has 0 amide bonds. The van der Waals surface area contributed by atoms with Crippen LogP contribution in [0.3, 0.4) is 0 Å². The van der Waals surface area contributed by atoms with E-state index in [1.54, 1.807) is 13.4 Å². The molecule has 2 nitrogen and oxygen atoms in total. The molecule has 1 aromatic carbocycles. The van der Waals surface area contributed by atoms with Gasteiger partial charge in [-0.2, -0.15) is 0 Å². The van der Waals surface area contributed by atoms with Crippen molar-refractivity contribution < 1.29 is 9.47 Å². The van der Waals surface area contributed by atoms with Gasteiger partial charge in [0.2, 0.25) is 0 Å². The van der Waals surface area contributed by atoms with Gasteiger partial charge in [0.15, 0.2) is 0 Å². The van der Waals surface area contributed by atoms with Crippen molar-refractivity contribution in [2.45, 2.75) is 0 Å². The number of hydrogen-bond donors (Lipinski definition) is 0. The van der Waals surface area contributed by atoms with E-state index in [0.29, 0.717) is 6.61 Å². The van der Waals surface area contributed by atoms with Crippen molar-refractivity contribution in [2.75, 3.05) is 13.7 Å². The third-order valence-corrected chi connectivity index (χ3v) is 1.32. The Labute approximate surface area is 72.4 Å². The molecule has 1 rings (SSSR count). The molecule has 0 saturated heterocycles. The Morgan fingerprint density at radius 3 is 2.67 bits per heavy atom. The Kier molecular flexibility index (Phi) is 3.78. The summed E-state index contributed by atoms with van der Waals surface area (Å²) in [6, 6.07) is 9.67. The van der Waals surface area contributed by atoms with Crippen LogP contribution >= 0.6 is 0 Å². The highest BCUT2D eigenvalue weighted by Crippen LogP contribution is 2.07. The summed E-state index contributed by atoms with van der Waals surface area (Å²) < 4.78 is 10.1. The van der Waals surface area contributed by atoms with Crippen molar-refractivity contribution in [2.24, 2.45) is 0 Å². The Hall–Kier alpha value is -1.44. The molecule has 64 valence electrons. The maximum absolute atomic E-state index is 5.34. The summed E-state index contributed by atoms with van der Waals surface area (Å²) in [7, 11) is 1.61. The third-order valence-electron chi connectivity index (χ3n) is 1.32. The van der Waals surface area contributed by atoms with Gasteiger partial charge in [-0.3, -0.25) is 0 Å². The minimum atomic E-state index is 0.540. The van der Waals surface area contributed by atoms with Crippen LogP contribution in [0.2, 0.25) is 0 Å². The molecule has 0 radical (unpaired) electrons. The molecule has 0 heterocycles. The third kappa shape index (κ3) is 3.10. The maximum atomic E-state index is 5.34. The summed E-state index contributed by atoms with van der Waals surface area (Å²) in [5.41, 5.74) is 0. The quantitative estimate of drug-likeness (QED) is 0.635. The molecule has 0 aromatic heterocycles. The molecular weight excluding hydrogens is 152 g/mol. The molecular formula is C10H12O2. The van der Waals surface area contributed by atoms with Gasteiger partial charge < -0.3 is 9.47 Å². The van der Waals surface area contributed by atoms with E-state index in [1.807, 2.05) is 36.4 Å². The van der Waals surface area contributed by atoms with Crippen LogP contribution < -0.4 is 4.74 Å². The van der Waals surface area contributed by atoms with Gasteiger partial charge in [0.1, 0.15) is 12.4 Å². The van der Waals surface area contributed by atoms with Crippen molar-refractivity contribution >= 4 is 0 Å². The summed E-state index contributed by atoms with van der Waals surface area (Å²) in [6.45, 7) is 0.540. The lowest BCUT2D eigenvalue weighted by atomic mass is 10.3. The predicted molar refractivity (Wildman–Crippen MR) is 48.1 cm³/mol. The molecule has 1 aromatic rings. The van der Waals surface area contributed by atoms with Gasteiger partial charge >= 0.3 is 0 Å². The van der Waals surface area contributed by atoms with E-state index in [2.05, 4.69) is 0 Å². The van der Waals surface area contributed by atoms with Gasteiger partial charge in [-0.05, 0) is 18.2 Å². The maximum Gasteiger partial charge on any atom is 0.119 e. The Morgan fingerprint density at radius 1 is 1.25 bits per heavy atom. The molecule has 0 N–H and O–H groups in total. The molecule has 0 aliphatic carbocycles. The molecule has 0 fully saturated rings. The smallest absolute Gasteiger partial charge is 0.119 e. The largest absolute Gasteiger partial charge is 0.505 e. The van der Waals surface area contributed by atoms with Crippen LogP contribution in [0.25, 0.3) is 0 Å². The van der Waals surface area contributed by atoms with Crippen LogP contribution in [0.4, 0.5) is 0 Å². The Bertz CT molecular complexity index is 229.